The third-order valence-electron chi connectivity index (χ3n) is 3.86. The van der Waals surface area contributed by atoms with Crippen molar-refractivity contribution in [2.45, 2.75) is 94.1 Å². The van der Waals surface area contributed by atoms with Gasteiger partial charge in [0, 0.05) is 0 Å². The summed E-state index contributed by atoms with van der Waals surface area (Å²) in [5.74, 6) is 0. The summed E-state index contributed by atoms with van der Waals surface area (Å²) in [6, 6.07) is 0. The van der Waals surface area contributed by atoms with E-state index >= 15 is 0 Å². The van der Waals surface area contributed by atoms with E-state index in [9.17, 15) is 0 Å². The van der Waals surface area contributed by atoms with Gasteiger partial charge in [-0.15, -0.1) is 0 Å². The molecular weight excluding hydrogens is 448 g/mol. The third-order valence-corrected chi connectivity index (χ3v) is 9.12. The Hall–Kier alpha value is 1.15. The predicted octanol–water partition coefficient (Wildman–Crippen LogP) is 5.30. The van der Waals surface area contributed by atoms with Crippen molar-refractivity contribution in [3.8, 4) is 0 Å². The molecule has 1 saturated heterocycles. The van der Waals surface area contributed by atoms with E-state index in [2.05, 4.69) is 13.8 Å². The molecule has 0 unspecified atom stereocenters. The number of ether oxygens (including phenoxy) is 2. The molecule has 4 heteroatoms. The summed E-state index contributed by atoms with van der Waals surface area (Å²) in [6.07, 6.45) is 12.3. The molecule has 1 heterocycles. The zero-order valence-corrected chi connectivity index (χ0v) is 19.0. The number of unbranched alkanes of at least 4 members (excludes halogenated alkanes) is 5. The van der Waals surface area contributed by atoms with Crippen molar-refractivity contribution in [2.75, 3.05) is 0 Å². The summed E-state index contributed by atoms with van der Waals surface area (Å²) in [5.41, 5.74) is 0. The molecule has 0 bridgehead atoms. The first-order valence-electron chi connectivity index (χ1n) is 8.17. The van der Waals surface area contributed by atoms with Crippen molar-refractivity contribution in [3.63, 3.8) is 0 Å². The first kappa shape index (κ1) is 18.2. The molecule has 19 heavy (non-hydrogen) atoms. The Morgan fingerprint density at radius 1 is 1.00 bits per heavy atom. The zero-order valence-electron chi connectivity index (χ0n) is 12.7. The van der Waals surface area contributed by atoms with Crippen LogP contribution in [0.1, 0.15) is 71.6 Å². The van der Waals surface area contributed by atoms with Gasteiger partial charge in [0.1, 0.15) is 0 Å². The molecule has 1 aliphatic rings. The quantitative estimate of drug-likeness (QED) is 0.314. The molecule has 1 rings (SSSR count). The summed E-state index contributed by atoms with van der Waals surface area (Å²) < 4.78 is 13.1. The van der Waals surface area contributed by atoms with Crippen molar-refractivity contribution < 1.29 is 32.8 Å². The zero-order chi connectivity index (χ0) is 13.9. The number of hydrogen-bond acceptors (Lipinski definition) is 2. The average molecular weight is 477 g/mol. The standard InChI is InChI=1S/C15H29O2.ClH.Hg/c1-4-6-7-8-9-10-11-14-12-13(3)16-15(5-2)17-14;;/h13-15H,3-12H2,1-2H3;1H;/q;;+1/p-1/t13-,14+,15-;;/m1../s1. The number of halogens is 1. The van der Waals surface area contributed by atoms with Crippen LogP contribution in [0.2, 0.25) is 3.93 Å². The predicted molar refractivity (Wildman–Crippen MR) is 77.1 cm³/mol. The summed E-state index contributed by atoms with van der Waals surface area (Å²) in [5, 5.41) is 0. The van der Waals surface area contributed by atoms with Crippen LogP contribution in [-0.2, 0) is 32.8 Å². The molecule has 0 aliphatic carbocycles. The van der Waals surface area contributed by atoms with E-state index in [0.717, 1.165) is 12.8 Å². The average Bonchev–Trinajstić information content (AvgIpc) is 2.43. The van der Waals surface area contributed by atoms with Crippen LogP contribution in [-0.4, -0.2) is 18.5 Å². The second-order valence-electron chi connectivity index (χ2n) is 5.62. The number of rotatable bonds is 10. The van der Waals surface area contributed by atoms with Crippen LogP contribution in [0, 0.1) is 0 Å². The van der Waals surface area contributed by atoms with E-state index in [1.54, 1.807) is 0 Å². The minimum atomic E-state index is -1.09. The van der Waals surface area contributed by atoms with Gasteiger partial charge in [0.25, 0.3) is 0 Å². The fourth-order valence-corrected chi connectivity index (χ4v) is 7.23. The van der Waals surface area contributed by atoms with E-state index in [0.29, 0.717) is 12.2 Å². The van der Waals surface area contributed by atoms with Gasteiger partial charge >= 0.3 is 135 Å². The molecule has 0 amide bonds. The first-order valence-corrected chi connectivity index (χ1v) is 18.8. The van der Waals surface area contributed by atoms with Gasteiger partial charge in [-0.1, -0.05) is 0 Å². The summed E-state index contributed by atoms with van der Waals surface area (Å²) >= 11 is -1.09. The topological polar surface area (TPSA) is 18.5 Å². The molecule has 1 fully saturated rings. The number of hydrogen-bond donors (Lipinski definition) is 0. The van der Waals surface area contributed by atoms with Crippen LogP contribution in [0.25, 0.3) is 0 Å². The van der Waals surface area contributed by atoms with Crippen LogP contribution in [0.4, 0.5) is 0 Å². The molecule has 2 nitrogen and oxygen atoms in total. The van der Waals surface area contributed by atoms with Crippen LogP contribution < -0.4 is 0 Å². The minimum absolute atomic E-state index is 0.0282. The van der Waals surface area contributed by atoms with Gasteiger partial charge < -0.3 is 0 Å². The normalized spacial score (nSPS) is 27.2. The molecule has 110 valence electrons. The van der Waals surface area contributed by atoms with Crippen molar-refractivity contribution in [1.29, 1.82) is 0 Å². The van der Waals surface area contributed by atoms with Gasteiger partial charge in [-0.2, -0.15) is 0 Å². The Morgan fingerprint density at radius 3 is 2.37 bits per heavy atom. The van der Waals surface area contributed by atoms with Crippen molar-refractivity contribution in [3.05, 3.63) is 0 Å². The fraction of sp³-hybridized carbons (Fsp3) is 1.00. The maximum atomic E-state index is 6.05. The van der Waals surface area contributed by atoms with Gasteiger partial charge in [-0.3, -0.25) is 0 Å². The van der Waals surface area contributed by atoms with Crippen LogP contribution in [0.5, 0.6) is 0 Å². The van der Waals surface area contributed by atoms with Gasteiger partial charge in [-0.25, -0.2) is 0 Å². The SMILES string of the molecule is CCCCCCCC[C@H]1C[C@@H]([CH2][Hg][Cl])O[C@@H](CC)O1. The van der Waals surface area contributed by atoms with Gasteiger partial charge in [-0.05, 0) is 0 Å². The summed E-state index contributed by atoms with van der Waals surface area (Å²) in [6.45, 7) is 4.41. The molecule has 0 saturated carbocycles. The van der Waals surface area contributed by atoms with Crippen molar-refractivity contribution in [2.24, 2.45) is 0 Å². The molecular formula is C15H29ClHgO2. The Labute approximate surface area is 134 Å². The summed E-state index contributed by atoms with van der Waals surface area (Å²) in [7, 11) is 6.05. The Morgan fingerprint density at radius 2 is 1.68 bits per heavy atom. The van der Waals surface area contributed by atoms with Gasteiger partial charge in [0.05, 0.1) is 0 Å². The monoisotopic (exact) mass is 478 g/mol. The van der Waals surface area contributed by atoms with Crippen LogP contribution >= 0.6 is 8.25 Å². The van der Waals surface area contributed by atoms with Gasteiger partial charge in [0.2, 0.25) is 0 Å². The Balaban J connectivity index is 2.16. The molecule has 0 N–H and O–H groups in total. The van der Waals surface area contributed by atoms with Crippen molar-refractivity contribution in [1.82, 2.24) is 0 Å². The van der Waals surface area contributed by atoms with Crippen LogP contribution in [0.15, 0.2) is 0 Å². The van der Waals surface area contributed by atoms with E-state index < -0.39 is 23.3 Å². The van der Waals surface area contributed by atoms with Crippen molar-refractivity contribution >= 4 is 8.25 Å². The molecule has 0 aromatic carbocycles. The first-order chi connectivity index (χ1) is 9.30. The molecule has 0 aromatic heterocycles. The molecule has 3 atom stereocenters. The second-order valence-corrected chi connectivity index (χ2v) is 12.7. The van der Waals surface area contributed by atoms with Gasteiger partial charge in [0.15, 0.2) is 0 Å². The summed E-state index contributed by atoms with van der Waals surface area (Å²) in [4.78, 5) is 0. The van der Waals surface area contributed by atoms with E-state index in [-0.39, 0.29) is 6.29 Å². The third kappa shape index (κ3) is 8.23. The molecule has 0 radical (unpaired) electrons. The molecule has 0 spiro atoms. The second kappa shape index (κ2) is 11.8. The maximum absolute atomic E-state index is 6.05. The Bertz CT molecular complexity index is 216. The van der Waals surface area contributed by atoms with Crippen LogP contribution in [0.3, 0.4) is 0 Å². The fourth-order valence-electron chi connectivity index (χ4n) is 2.70. The van der Waals surface area contributed by atoms with E-state index in [4.69, 9.17) is 17.7 Å². The van der Waals surface area contributed by atoms with E-state index in [1.807, 2.05) is 0 Å². The Kier molecular flexibility index (Phi) is 11.3. The molecule has 1 aliphatic heterocycles. The molecule has 0 aromatic rings. The van der Waals surface area contributed by atoms with E-state index in [1.165, 1.54) is 48.9 Å².